The highest BCUT2D eigenvalue weighted by atomic mass is 19.4. The van der Waals surface area contributed by atoms with Gasteiger partial charge in [-0.25, -0.2) is 9.78 Å². The van der Waals surface area contributed by atoms with Crippen molar-refractivity contribution in [2.75, 3.05) is 18.0 Å². The van der Waals surface area contributed by atoms with Crippen molar-refractivity contribution in [1.82, 2.24) is 10.1 Å². The first-order valence-electron chi connectivity index (χ1n) is 16.6. The molecule has 3 saturated carbocycles. The maximum Gasteiger partial charge on any atom is 0.573 e. The molecule has 8 nitrogen and oxygen atoms in total. The number of pyridine rings is 1. The number of carboxylic acid groups (broad SMARTS) is 1. The Balaban J connectivity index is 0.958. The summed E-state index contributed by atoms with van der Waals surface area (Å²) in [5, 5.41) is 14.7. The van der Waals surface area contributed by atoms with Gasteiger partial charge < -0.3 is 24.0 Å². The van der Waals surface area contributed by atoms with Crippen molar-refractivity contribution in [2.24, 2.45) is 11.3 Å². The average molecular weight is 648 g/mol. The Hall–Kier alpha value is -4.28. The fourth-order valence-electron chi connectivity index (χ4n) is 7.77. The van der Waals surface area contributed by atoms with Crippen molar-refractivity contribution in [1.29, 1.82) is 0 Å². The van der Waals surface area contributed by atoms with Gasteiger partial charge in [0.15, 0.2) is 5.69 Å². The van der Waals surface area contributed by atoms with Crippen molar-refractivity contribution in [3.8, 4) is 22.8 Å². The first kappa shape index (κ1) is 30.1. The van der Waals surface area contributed by atoms with E-state index in [4.69, 9.17) is 9.26 Å². The lowest BCUT2D eigenvalue weighted by Gasteiger charge is -2.53. The van der Waals surface area contributed by atoms with Crippen LogP contribution in [-0.2, 0) is 6.42 Å². The summed E-state index contributed by atoms with van der Waals surface area (Å²) in [4.78, 5) is 18.4. The van der Waals surface area contributed by atoms with Crippen molar-refractivity contribution in [3.63, 3.8) is 0 Å². The molecule has 47 heavy (non-hydrogen) atoms. The maximum absolute atomic E-state index is 13.2. The van der Waals surface area contributed by atoms with Crippen molar-refractivity contribution in [2.45, 2.75) is 82.6 Å². The van der Waals surface area contributed by atoms with Gasteiger partial charge in [0.2, 0.25) is 0 Å². The molecule has 4 aromatic rings. The molecule has 246 valence electrons. The van der Waals surface area contributed by atoms with Gasteiger partial charge >= 0.3 is 12.3 Å². The summed E-state index contributed by atoms with van der Waals surface area (Å²) in [6, 6.07) is 13.7. The summed E-state index contributed by atoms with van der Waals surface area (Å²) >= 11 is 0. The molecule has 0 amide bonds. The highest BCUT2D eigenvalue weighted by Crippen LogP contribution is 2.55. The summed E-state index contributed by atoms with van der Waals surface area (Å²) in [5.41, 5.74) is 3.63. The zero-order valence-corrected chi connectivity index (χ0v) is 25.9. The topological polar surface area (TPSA) is 97.9 Å². The number of piperidine rings is 1. The van der Waals surface area contributed by atoms with Crippen LogP contribution in [0.25, 0.3) is 22.2 Å². The van der Waals surface area contributed by atoms with Gasteiger partial charge in [0, 0.05) is 47.3 Å². The van der Waals surface area contributed by atoms with E-state index in [1.54, 1.807) is 18.2 Å². The molecular weight excluding hydrogens is 611 g/mol. The lowest BCUT2D eigenvalue weighted by atomic mass is 9.56. The van der Waals surface area contributed by atoms with Crippen molar-refractivity contribution >= 4 is 22.6 Å². The molecule has 2 aromatic heterocycles. The van der Waals surface area contributed by atoms with Crippen LogP contribution in [-0.4, -0.2) is 46.8 Å². The van der Waals surface area contributed by atoms with Crippen LogP contribution >= 0.6 is 0 Å². The van der Waals surface area contributed by atoms with Crippen LogP contribution in [0.3, 0.4) is 0 Å². The van der Waals surface area contributed by atoms with Crippen molar-refractivity contribution in [3.05, 3.63) is 65.5 Å². The summed E-state index contributed by atoms with van der Waals surface area (Å²) in [7, 11) is 0. The fourth-order valence-corrected chi connectivity index (χ4v) is 7.77. The number of ether oxygens (including phenoxy) is 2. The van der Waals surface area contributed by atoms with E-state index in [0.29, 0.717) is 28.4 Å². The quantitative estimate of drug-likeness (QED) is 0.193. The van der Waals surface area contributed by atoms with Gasteiger partial charge in [-0.2, -0.15) is 0 Å². The highest BCUT2D eigenvalue weighted by Gasteiger charge is 2.47. The van der Waals surface area contributed by atoms with E-state index in [1.165, 1.54) is 12.1 Å². The molecule has 0 radical (unpaired) electrons. The van der Waals surface area contributed by atoms with Gasteiger partial charge in [-0.1, -0.05) is 17.3 Å². The molecular formula is C36H36F3N3O5. The van der Waals surface area contributed by atoms with E-state index in [2.05, 4.69) is 25.8 Å². The smallest absolute Gasteiger partial charge is 0.490 e. The molecule has 1 saturated heterocycles. The van der Waals surface area contributed by atoms with Gasteiger partial charge in [0.25, 0.3) is 0 Å². The minimum Gasteiger partial charge on any atom is -0.490 e. The molecule has 11 heteroatoms. The molecule has 0 unspecified atom stereocenters. The third-order valence-corrected chi connectivity index (χ3v) is 10.6. The van der Waals surface area contributed by atoms with E-state index < -0.39 is 12.3 Å². The first-order chi connectivity index (χ1) is 22.6. The second-order valence-corrected chi connectivity index (χ2v) is 13.8. The number of para-hydroxylation sites is 1. The largest absolute Gasteiger partial charge is 0.573 e. The second kappa shape index (κ2) is 11.5. The highest BCUT2D eigenvalue weighted by molar-refractivity contribution is 5.94. The molecule has 2 aromatic carbocycles. The van der Waals surface area contributed by atoms with Gasteiger partial charge in [0.1, 0.15) is 23.0 Å². The second-order valence-electron chi connectivity index (χ2n) is 13.8. The number of rotatable bonds is 9. The van der Waals surface area contributed by atoms with Gasteiger partial charge in [-0.05, 0) is 106 Å². The third-order valence-electron chi connectivity index (χ3n) is 10.6. The van der Waals surface area contributed by atoms with Gasteiger partial charge in [0.05, 0.1) is 11.6 Å². The van der Waals surface area contributed by atoms with E-state index >= 15 is 0 Å². The molecule has 4 aliphatic rings. The number of hydrogen-bond donors (Lipinski definition) is 1. The molecule has 0 atom stereocenters. The molecule has 3 heterocycles. The van der Waals surface area contributed by atoms with Crippen LogP contribution in [0, 0.1) is 11.3 Å². The van der Waals surface area contributed by atoms with Crippen LogP contribution in [0.2, 0.25) is 0 Å². The lowest BCUT2D eigenvalue weighted by molar-refractivity contribution is -0.274. The SMILES string of the molecule is O=C(O)c1cc(OC2CCC2)c2cc(N3CCC4(CC3)CC(Cc3c(-c5ccccc5OC(F)(F)F)noc3C3CC3)C4)ccc2n1. The molecule has 0 bridgehead atoms. The zero-order valence-electron chi connectivity index (χ0n) is 25.9. The number of halogens is 3. The Morgan fingerprint density at radius 1 is 1.02 bits per heavy atom. The van der Waals surface area contributed by atoms with E-state index in [9.17, 15) is 23.1 Å². The van der Waals surface area contributed by atoms with Crippen LogP contribution < -0.4 is 14.4 Å². The van der Waals surface area contributed by atoms with E-state index in [1.807, 2.05) is 12.1 Å². The number of fused-ring (bicyclic) bond motifs is 1. The minimum absolute atomic E-state index is 0.0135. The summed E-state index contributed by atoms with van der Waals surface area (Å²) in [6.45, 7) is 1.82. The maximum atomic E-state index is 13.2. The predicted molar refractivity (Wildman–Crippen MR) is 168 cm³/mol. The zero-order chi connectivity index (χ0) is 32.3. The number of benzene rings is 2. The first-order valence-corrected chi connectivity index (χ1v) is 16.6. The van der Waals surface area contributed by atoms with E-state index in [-0.39, 0.29) is 28.9 Å². The normalized spacial score (nSPS) is 19.9. The number of alkyl halides is 3. The van der Waals surface area contributed by atoms with Crippen LogP contribution in [0.1, 0.15) is 85.5 Å². The Morgan fingerprint density at radius 2 is 1.79 bits per heavy atom. The summed E-state index contributed by atoms with van der Waals surface area (Å²) in [6.07, 6.45) is 5.36. The molecule has 1 aliphatic heterocycles. The van der Waals surface area contributed by atoms with Crippen LogP contribution in [0.15, 0.2) is 53.1 Å². The summed E-state index contributed by atoms with van der Waals surface area (Å²) < 4.78 is 55.9. The number of nitrogens with zero attached hydrogens (tertiary/aromatic N) is 3. The Kier molecular flexibility index (Phi) is 7.33. The predicted octanol–water partition coefficient (Wildman–Crippen LogP) is 8.53. The minimum atomic E-state index is -4.80. The molecule has 3 aliphatic carbocycles. The number of carbonyl (C=O) groups is 1. The summed E-state index contributed by atoms with van der Waals surface area (Å²) in [5.74, 6) is 0.766. The molecule has 1 spiro atoms. The monoisotopic (exact) mass is 647 g/mol. The Morgan fingerprint density at radius 3 is 2.47 bits per heavy atom. The molecule has 1 N–H and O–H groups in total. The number of carboxylic acids is 1. The number of aromatic nitrogens is 2. The molecule has 4 fully saturated rings. The standard InChI is InChI=1S/C36H36F3N3O5/c37-36(38,39)46-30-7-2-1-6-25(30)32-27(33(47-41-32)22-8-9-22)16-21-19-35(20-21)12-14-42(15-13-35)23-10-11-28-26(17-23)31(45-24-4-3-5-24)18-29(40-28)34(43)44/h1-2,6-7,10-11,17-18,21-22,24H,3-5,8-9,12-16,19-20H2,(H,43,44). The Labute approximate surface area is 269 Å². The third kappa shape index (κ3) is 6.00. The van der Waals surface area contributed by atoms with Crippen molar-refractivity contribution < 1.29 is 37.1 Å². The van der Waals surface area contributed by atoms with E-state index in [0.717, 1.165) is 99.7 Å². The lowest BCUT2D eigenvalue weighted by Crippen LogP contribution is -2.47. The average Bonchev–Trinajstić information content (AvgIpc) is 3.77. The number of anilines is 1. The van der Waals surface area contributed by atoms with Gasteiger partial charge in [-0.3, -0.25) is 0 Å². The van der Waals surface area contributed by atoms with Crippen LogP contribution in [0.4, 0.5) is 18.9 Å². The molecule has 8 rings (SSSR count). The number of aromatic carboxylic acids is 1. The van der Waals surface area contributed by atoms with Crippen LogP contribution in [0.5, 0.6) is 11.5 Å². The number of hydrogen-bond acceptors (Lipinski definition) is 7. The Bertz CT molecular complexity index is 1810. The fraction of sp³-hybridized carbons (Fsp3) is 0.472. The van der Waals surface area contributed by atoms with Gasteiger partial charge in [-0.15, -0.1) is 13.2 Å².